The number of furan rings is 1. The summed E-state index contributed by atoms with van der Waals surface area (Å²) in [6, 6.07) is 5.04. The average Bonchev–Trinajstić information content (AvgIpc) is 2.94. The second kappa shape index (κ2) is 5.81. The van der Waals surface area contributed by atoms with Gasteiger partial charge in [-0.3, -0.25) is 14.8 Å². The van der Waals surface area contributed by atoms with Crippen molar-refractivity contribution in [2.45, 2.75) is 32.2 Å². The van der Waals surface area contributed by atoms with E-state index in [1.165, 1.54) is 6.26 Å². The van der Waals surface area contributed by atoms with Crippen LogP contribution in [0.1, 0.15) is 35.7 Å². The normalized spacial score (nSPS) is 18.7. The number of nitrogens with zero attached hydrogens (tertiary/aromatic N) is 1. The van der Waals surface area contributed by atoms with E-state index in [4.69, 9.17) is 4.42 Å². The van der Waals surface area contributed by atoms with Gasteiger partial charge < -0.3 is 9.73 Å². The molecule has 1 fully saturated rings. The van der Waals surface area contributed by atoms with Crippen molar-refractivity contribution in [3.05, 3.63) is 35.6 Å². The minimum Gasteiger partial charge on any atom is -0.463 e. The van der Waals surface area contributed by atoms with Gasteiger partial charge in [0, 0.05) is 11.9 Å². The Labute approximate surface area is 127 Å². The smallest absolute Gasteiger partial charge is 0.268 e. The van der Waals surface area contributed by atoms with Gasteiger partial charge in [0.15, 0.2) is 0 Å². The summed E-state index contributed by atoms with van der Waals surface area (Å²) in [5.41, 5.74) is 2.16. The molecule has 1 aromatic carbocycles. The molecule has 2 amide bonds. The van der Waals surface area contributed by atoms with Crippen LogP contribution in [0.3, 0.4) is 0 Å². The largest absolute Gasteiger partial charge is 0.463 e. The summed E-state index contributed by atoms with van der Waals surface area (Å²) >= 11 is 0. The Morgan fingerprint density at radius 2 is 2.32 bits per heavy atom. The molecule has 0 radical (unpaired) electrons. The Morgan fingerprint density at radius 1 is 1.50 bits per heavy atom. The first kappa shape index (κ1) is 14.6. The number of hydroxylamine groups is 2. The van der Waals surface area contributed by atoms with Crippen LogP contribution < -0.4 is 5.32 Å². The van der Waals surface area contributed by atoms with Crippen LogP contribution in [0.25, 0.3) is 11.0 Å². The summed E-state index contributed by atoms with van der Waals surface area (Å²) in [5, 5.41) is 13.5. The predicted molar refractivity (Wildman–Crippen MR) is 79.6 cm³/mol. The van der Waals surface area contributed by atoms with Crippen LogP contribution in [0, 0.1) is 0 Å². The minimum absolute atomic E-state index is 0.305. The lowest BCUT2D eigenvalue weighted by Crippen LogP contribution is -2.51. The van der Waals surface area contributed by atoms with Crippen LogP contribution >= 0.6 is 0 Å². The van der Waals surface area contributed by atoms with Gasteiger partial charge in [-0.1, -0.05) is 13.0 Å². The molecular weight excluding hydrogens is 284 g/mol. The summed E-state index contributed by atoms with van der Waals surface area (Å²) in [5.74, 6) is -0.831. The Kier molecular flexibility index (Phi) is 3.85. The van der Waals surface area contributed by atoms with Gasteiger partial charge in [0.1, 0.15) is 17.9 Å². The summed E-state index contributed by atoms with van der Waals surface area (Å²) in [7, 11) is 0. The summed E-state index contributed by atoms with van der Waals surface area (Å²) in [6.45, 7) is 2.34. The molecule has 6 nitrogen and oxygen atoms in total. The molecule has 2 N–H and O–H groups in total. The Balaban J connectivity index is 1.84. The van der Waals surface area contributed by atoms with Crippen molar-refractivity contribution in [1.29, 1.82) is 0 Å². The van der Waals surface area contributed by atoms with E-state index < -0.39 is 11.9 Å². The molecule has 1 unspecified atom stereocenters. The predicted octanol–water partition coefficient (Wildman–Crippen LogP) is 2.11. The van der Waals surface area contributed by atoms with E-state index in [1.807, 2.05) is 25.1 Å². The zero-order chi connectivity index (χ0) is 15.7. The minimum atomic E-state index is -0.689. The van der Waals surface area contributed by atoms with E-state index in [0.717, 1.165) is 17.4 Å². The van der Waals surface area contributed by atoms with E-state index in [-0.39, 0.29) is 5.91 Å². The molecule has 1 aliphatic rings. The fraction of sp³-hybridized carbons (Fsp3) is 0.375. The van der Waals surface area contributed by atoms with Crippen LogP contribution in [0.4, 0.5) is 0 Å². The van der Waals surface area contributed by atoms with E-state index in [9.17, 15) is 14.8 Å². The lowest BCUT2D eigenvalue weighted by Gasteiger charge is -2.27. The molecular formula is C16H18N2O4. The van der Waals surface area contributed by atoms with Gasteiger partial charge in [0.25, 0.3) is 11.8 Å². The molecule has 0 spiro atoms. The molecule has 22 heavy (non-hydrogen) atoms. The first-order valence-corrected chi connectivity index (χ1v) is 7.41. The standard InChI is InChI=1S/C16H18N2O4/c1-2-10-5-6-14-11(8-10)12(9-22-14)15(19)17-13-4-3-7-18(21)16(13)20/h5-6,8-9,13,21H,2-4,7H2,1H3,(H,17,19). The molecule has 6 heteroatoms. The van der Waals surface area contributed by atoms with Gasteiger partial charge in [0.2, 0.25) is 0 Å². The van der Waals surface area contributed by atoms with E-state index in [1.54, 1.807) is 0 Å². The maximum absolute atomic E-state index is 12.4. The number of carbonyl (C=O) groups excluding carboxylic acids is 2. The average molecular weight is 302 g/mol. The molecule has 2 heterocycles. The van der Waals surface area contributed by atoms with Crippen molar-refractivity contribution in [3.8, 4) is 0 Å². The van der Waals surface area contributed by atoms with Crippen molar-refractivity contribution >= 4 is 22.8 Å². The maximum atomic E-state index is 12.4. The lowest BCUT2D eigenvalue weighted by molar-refractivity contribution is -0.172. The molecule has 1 atom stereocenters. The third-order valence-corrected chi connectivity index (χ3v) is 4.01. The fourth-order valence-electron chi connectivity index (χ4n) is 2.70. The number of fused-ring (bicyclic) bond motifs is 1. The van der Waals surface area contributed by atoms with Crippen LogP contribution in [0.5, 0.6) is 0 Å². The third-order valence-electron chi connectivity index (χ3n) is 4.01. The molecule has 116 valence electrons. The zero-order valence-electron chi connectivity index (χ0n) is 12.3. The molecule has 0 saturated carbocycles. The second-order valence-corrected chi connectivity index (χ2v) is 5.46. The monoisotopic (exact) mass is 302 g/mol. The molecule has 0 bridgehead atoms. The van der Waals surface area contributed by atoms with Crippen LogP contribution in [-0.4, -0.2) is 34.7 Å². The summed E-state index contributed by atoms with van der Waals surface area (Å²) in [4.78, 5) is 24.2. The summed E-state index contributed by atoms with van der Waals surface area (Å²) in [6.07, 6.45) is 3.45. The summed E-state index contributed by atoms with van der Waals surface area (Å²) < 4.78 is 5.40. The van der Waals surface area contributed by atoms with Crippen LogP contribution in [-0.2, 0) is 11.2 Å². The number of aryl methyl sites for hydroxylation is 1. The first-order chi connectivity index (χ1) is 10.6. The topological polar surface area (TPSA) is 82.8 Å². The Morgan fingerprint density at radius 3 is 3.09 bits per heavy atom. The van der Waals surface area contributed by atoms with Crippen molar-refractivity contribution in [2.24, 2.45) is 0 Å². The number of amides is 2. The van der Waals surface area contributed by atoms with Gasteiger partial charge in [-0.15, -0.1) is 0 Å². The number of hydrogen-bond donors (Lipinski definition) is 2. The Hall–Kier alpha value is -2.34. The van der Waals surface area contributed by atoms with E-state index >= 15 is 0 Å². The number of piperidine rings is 1. The van der Waals surface area contributed by atoms with Crippen LogP contribution in [0.15, 0.2) is 28.9 Å². The maximum Gasteiger partial charge on any atom is 0.268 e. The fourth-order valence-corrected chi connectivity index (χ4v) is 2.70. The Bertz CT molecular complexity index is 722. The molecule has 1 saturated heterocycles. The number of hydrogen-bond acceptors (Lipinski definition) is 4. The van der Waals surface area contributed by atoms with Crippen molar-refractivity contribution in [3.63, 3.8) is 0 Å². The highest BCUT2D eigenvalue weighted by Crippen LogP contribution is 2.23. The van der Waals surface area contributed by atoms with Gasteiger partial charge >= 0.3 is 0 Å². The van der Waals surface area contributed by atoms with Gasteiger partial charge in [0.05, 0.1) is 5.56 Å². The van der Waals surface area contributed by atoms with Crippen molar-refractivity contribution in [1.82, 2.24) is 10.4 Å². The number of nitrogens with one attached hydrogen (secondary N) is 1. The highest BCUT2D eigenvalue weighted by Gasteiger charge is 2.30. The van der Waals surface area contributed by atoms with Gasteiger partial charge in [-0.25, -0.2) is 5.06 Å². The third kappa shape index (κ3) is 2.57. The van der Waals surface area contributed by atoms with Gasteiger partial charge in [-0.2, -0.15) is 0 Å². The SMILES string of the molecule is CCc1ccc2occ(C(=O)NC3CCCN(O)C3=O)c2c1. The molecule has 1 aliphatic heterocycles. The zero-order valence-corrected chi connectivity index (χ0v) is 12.3. The highest BCUT2D eigenvalue weighted by molar-refractivity contribution is 6.07. The van der Waals surface area contributed by atoms with E-state index in [0.29, 0.717) is 35.6 Å². The molecule has 1 aromatic heterocycles. The molecule has 2 aromatic rings. The number of carbonyl (C=O) groups is 2. The number of benzene rings is 1. The highest BCUT2D eigenvalue weighted by atomic mass is 16.5. The van der Waals surface area contributed by atoms with Crippen molar-refractivity contribution < 1.29 is 19.2 Å². The van der Waals surface area contributed by atoms with Gasteiger partial charge in [-0.05, 0) is 37.0 Å². The lowest BCUT2D eigenvalue weighted by atomic mass is 10.0. The first-order valence-electron chi connectivity index (χ1n) is 7.41. The van der Waals surface area contributed by atoms with Crippen molar-refractivity contribution in [2.75, 3.05) is 6.54 Å². The van der Waals surface area contributed by atoms with E-state index in [2.05, 4.69) is 5.32 Å². The molecule has 0 aliphatic carbocycles. The molecule has 3 rings (SSSR count). The van der Waals surface area contributed by atoms with Crippen LogP contribution in [0.2, 0.25) is 0 Å². The number of rotatable bonds is 3. The quantitative estimate of drug-likeness (QED) is 0.851. The second-order valence-electron chi connectivity index (χ2n) is 5.46.